The van der Waals surface area contributed by atoms with Crippen molar-refractivity contribution in [3.8, 4) is 0 Å². The number of carbonyl (C=O) groups excluding carboxylic acids is 1. The van der Waals surface area contributed by atoms with Crippen LogP contribution in [0.2, 0.25) is 0 Å². The van der Waals surface area contributed by atoms with Gasteiger partial charge >= 0.3 is 0 Å². The fourth-order valence-corrected chi connectivity index (χ4v) is 1.57. The number of hydrogen-bond donors (Lipinski definition) is 1. The zero-order valence-electron chi connectivity index (χ0n) is 6.63. The average Bonchev–Trinajstić information content (AvgIpc) is 2.47. The third-order valence-electron chi connectivity index (χ3n) is 2.22. The minimum atomic E-state index is 0.238. The van der Waals surface area contributed by atoms with Gasteiger partial charge in [-0.05, 0) is 23.6 Å². The van der Waals surface area contributed by atoms with Crippen LogP contribution < -0.4 is 0 Å². The molecule has 0 fully saturated rings. The summed E-state index contributed by atoms with van der Waals surface area (Å²) < 4.78 is 0. The van der Waals surface area contributed by atoms with Crippen molar-refractivity contribution < 1.29 is 4.79 Å². The lowest BCUT2D eigenvalue weighted by atomic mass is 10.1. The minimum Gasteiger partial charge on any atom is -0.308 e. The van der Waals surface area contributed by atoms with Crippen LogP contribution in [0.5, 0.6) is 0 Å². The van der Waals surface area contributed by atoms with Crippen molar-refractivity contribution in [1.82, 2.24) is 0 Å². The number of ketones is 1. The minimum absolute atomic E-state index is 0.238. The van der Waals surface area contributed by atoms with Gasteiger partial charge in [0.2, 0.25) is 0 Å². The van der Waals surface area contributed by atoms with Crippen molar-refractivity contribution in [3.05, 3.63) is 34.9 Å². The van der Waals surface area contributed by atoms with Crippen molar-refractivity contribution in [2.75, 3.05) is 0 Å². The highest BCUT2D eigenvalue weighted by Crippen LogP contribution is 2.22. The number of aryl methyl sites for hydroxylation is 1. The molecule has 0 unspecified atom stereocenters. The number of rotatable bonds is 1. The lowest BCUT2D eigenvalue weighted by Gasteiger charge is -1.97. The second kappa shape index (κ2) is 2.55. The molecule has 1 N–H and O–H groups in total. The van der Waals surface area contributed by atoms with Crippen LogP contribution in [-0.4, -0.2) is 12.0 Å². The number of Topliss-reactive ketones (excluding diaryl/α,β-unsaturated/α-hetero) is 1. The highest BCUT2D eigenvalue weighted by atomic mass is 16.1. The summed E-state index contributed by atoms with van der Waals surface area (Å²) in [6.45, 7) is 0. The third kappa shape index (κ3) is 0.961. The number of fused-ring (bicyclic) bond motifs is 1. The lowest BCUT2D eigenvalue weighted by molar-refractivity contribution is 0.0994. The molecule has 60 valence electrons. The van der Waals surface area contributed by atoms with Crippen LogP contribution in [0.1, 0.15) is 27.9 Å². The van der Waals surface area contributed by atoms with Crippen molar-refractivity contribution in [2.24, 2.45) is 0 Å². The predicted octanol–water partition coefficient (Wildman–Crippen LogP) is 1.81. The molecule has 0 aliphatic heterocycles. The highest BCUT2D eigenvalue weighted by molar-refractivity contribution is 6.01. The van der Waals surface area contributed by atoms with E-state index < -0.39 is 0 Å². The molecule has 1 aliphatic rings. The van der Waals surface area contributed by atoms with Crippen molar-refractivity contribution in [1.29, 1.82) is 5.41 Å². The molecule has 2 heteroatoms. The summed E-state index contributed by atoms with van der Waals surface area (Å²) >= 11 is 0. The molecule has 0 amide bonds. The second-order valence-corrected chi connectivity index (χ2v) is 2.98. The molecular weight excluding hydrogens is 150 g/mol. The van der Waals surface area contributed by atoms with Gasteiger partial charge in [-0.2, -0.15) is 0 Å². The first-order valence-electron chi connectivity index (χ1n) is 3.98. The predicted molar refractivity (Wildman–Crippen MR) is 47.0 cm³/mol. The standard InChI is InChI=1S/C10H9NO/c11-6-7-1-3-9-8(5-7)2-4-10(9)12/h1,3,5-6,11H,2,4H2. The molecule has 1 aromatic rings. The van der Waals surface area contributed by atoms with Gasteiger partial charge in [0.1, 0.15) is 0 Å². The van der Waals surface area contributed by atoms with Gasteiger partial charge in [-0.3, -0.25) is 4.79 Å². The van der Waals surface area contributed by atoms with Gasteiger partial charge in [-0.15, -0.1) is 0 Å². The van der Waals surface area contributed by atoms with E-state index in [2.05, 4.69) is 0 Å². The van der Waals surface area contributed by atoms with Crippen molar-refractivity contribution in [3.63, 3.8) is 0 Å². The fourth-order valence-electron chi connectivity index (χ4n) is 1.57. The maximum absolute atomic E-state index is 11.2. The van der Waals surface area contributed by atoms with E-state index in [1.165, 1.54) is 6.21 Å². The molecule has 0 heterocycles. The molecule has 0 atom stereocenters. The molecule has 0 bridgehead atoms. The van der Waals surface area contributed by atoms with E-state index in [1.807, 2.05) is 18.2 Å². The van der Waals surface area contributed by atoms with Gasteiger partial charge in [0, 0.05) is 18.2 Å². The largest absolute Gasteiger partial charge is 0.308 e. The Morgan fingerprint density at radius 3 is 2.92 bits per heavy atom. The molecule has 2 nitrogen and oxygen atoms in total. The van der Waals surface area contributed by atoms with Crippen LogP contribution in [0.25, 0.3) is 0 Å². The maximum Gasteiger partial charge on any atom is 0.163 e. The van der Waals surface area contributed by atoms with Gasteiger partial charge in [-0.1, -0.05) is 12.1 Å². The molecule has 2 rings (SSSR count). The van der Waals surface area contributed by atoms with Crippen LogP contribution >= 0.6 is 0 Å². The Kier molecular flexibility index (Phi) is 1.54. The topological polar surface area (TPSA) is 40.9 Å². The van der Waals surface area contributed by atoms with Crippen LogP contribution in [0.4, 0.5) is 0 Å². The van der Waals surface area contributed by atoms with Gasteiger partial charge in [0.15, 0.2) is 5.78 Å². The molecule has 12 heavy (non-hydrogen) atoms. The zero-order chi connectivity index (χ0) is 8.55. The molecule has 0 saturated carbocycles. The van der Waals surface area contributed by atoms with E-state index in [4.69, 9.17) is 5.41 Å². The van der Waals surface area contributed by atoms with Crippen LogP contribution in [-0.2, 0) is 6.42 Å². The monoisotopic (exact) mass is 159 g/mol. The first-order chi connectivity index (χ1) is 5.81. The number of carbonyl (C=O) groups is 1. The summed E-state index contributed by atoms with van der Waals surface area (Å²) in [4.78, 5) is 11.2. The average molecular weight is 159 g/mol. The SMILES string of the molecule is N=Cc1ccc2c(c1)CCC2=O. The van der Waals surface area contributed by atoms with E-state index in [0.29, 0.717) is 6.42 Å². The van der Waals surface area contributed by atoms with E-state index >= 15 is 0 Å². The van der Waals surface area contributed by atoms with Gasteiger partial charge in [-0.25, -0.2) is 0 Å². The second-order valence-electron chi connectivity index (χ2n) is 2.98. The molecule has 0 saturated heterocycles. The highest BCUT2D eigenvalue weighted by Gasteiger charge is 2.18. The third-order valence-corrected chi connectivity index (χ3v) is 2.22. The molecule has 1 aromatic carbocycles. The molecule has 0 spiro atoms. The number of nitrogens with one attached hydrogen (secondary N) is 1. The maximum atomic E-state index is 11.2. The number of benzene rings is 1. The molecule has 0 radical (unpaired) electrons. The zero-order valence-corrected chi connectivity index (χ0v) is 6.63. The summed E-state index contributed by atoms with van der Waals surface area (Å²) in [6.07, 6.45) is 2.79. The molecule has 1 aliphatic carbocycles. The summed E-state index contributed by atoms with van der Waals surface area (Å²) in [5.74, 6) is 0.238. The van der Waals surface area contributed by atoms with Crippen molar-refractivity contribution in [2.45, 2.75) is 12.8 Å². The fraction of sp³-hybridized carbons (Fsp3) is 0.200. The summed E-state index contributed by atoms with van der Waals surface area (Å²) in [6, 6.07) is 5.56. The summed E-state index contributed by atoms with van der Waals surface area (Å²) in [5, 5.41) is 7.05. The van der Waals surface area contributed by atoms with Crippen LogP contribution in [0.15, 0.2) is 18.2 Å². The molecular formula is C10H9NO. The Bertz CT molecular complexity index is 355. The van der Waals surface area contributed by atoms with E-state index in [1.54, 1.807) is 0 Å². The Morgan fingerprint density at radius 1 is 1.33 bits per heavy atom. The lowest BCUT2D eigenvalue weighted by Crippen LogP contribution is -1.91. The Hall–Kier alpha value is -1.44. The van der Waals surface area contributed by atoms with E-state index in [9.17, 15) is 4.79 Å². The van der Waals surface area contributed by atoms with E-state index in [-0.39, 0.29) is 5.78 Å². The molecule has 0 aromatic heterocycles. The van der Waals surface area contributed by atoms with Gasteiger partial charge in [0.05, 0.1) is 0 Å². The van der Waals surface area contributed by atoms with Gasteiger partial charge < -0.3 is 5.41 Å². The normalized spacial score (nSPS) is 14.5. The van der Waals surface area contributed by atoms with Crippen LogP contribution in [0.3, 0.4) is 0 Å². The number of hydrogen-bond acceptors (Lipinski definition) is 2. The summed E-state index contributed by atoms with van der Waals surface area (Å²) in [5.41, 5.74) is 2.82. The Balaban J connectivity index is 2.55. The van der Waals surface area contributed by atoms with Crippen LogP contribution in [0, 0.1) is 5.41 Å². The smallest absolute Gasteiger partial charge is 0.163 e. The quantitative estimate of drug-likeness (QED) is 0.624. The van der Waals surface area contributed by atoms with Gasteiger partial charge in [0.25, 0.3) is 0 Å². The first-order valence-corrected chi connectivity index (χ1v) is 3.98. The van der Waals surface area contributed by atoms with E-state index in [0.717, 1.165) is 23.1 Å². The van der Waals surface area contributed by atoms with Crippen molar-refractivity contribution >= 4 is 12.0 Å². The summed E-state index contributed by atoms with van der Waals surface area (Å²) in [7, 11) is 0. The first kappa shape index (κ1) is 7.22. The Morgan fingerprint density at radius 2 is 2.17 bits per heavy atom. The Labute approximate surface area is 70.7 Å².